The molecule has 5 heterocycles. The summed E-state index contributed by atoms with van der Waals surface area (Å²) in [7, 11) is 0. The summed E-state index contributed by atoms with van der Waals surface area (Å²) in [5, 5.41) is 7.97. The molecule has 0 saturated carbocycles. The second kappa shape index (κ2) is 7.19. The molecule has 5 rings (SSSR count). The van der Waals surface area contributed by atoms with E-state index in [1.807, 2.05) is 6.20 Å². The zero-order valence-corrected chi connectivity index (χ0v) is 18.1. The van der Waals surface area contributed by atoms with Crippen molar-refractivity contribution in [3.05, 3.63) is 38.2 Å². The van der Waals surface area contributed by atoms with Gasteiger partial charge in [-0.25, -0.2) is 4.52 Å². The molecule has 29 heavy (non-hydrogen) atoms. The number of aromatic amines is 1. The second-order valence-corrected chi connectivity index (χ2v) is 9.78. The Balaban J connectivity index is 1.43. The number of fused-ring (bicyclic) bond motifs is 5. The molecule has 150 valence electrons. The summed E-state index contributed by atoms with van der Waals surface area (Å²) in [5.74, 6) is -0.193. The fraction of sp³-hybridized carbons (Fsp3) is 0.368. The number of H-pyrrole nitrogens is 1. The van der Waals surface area contributed by atoms with Gasteiger partial charge in [-0.05, 0) is 48.3 Å². The van der Waals surface area contributed by atoms with Crippen molar-refractivity contribution in [2.45, 2.75) is 25.8 Å². The maximum absolute atomic E-state index is 12.7. The van der Waals surface area contributed by atoms with E-state index in [0.29, 0.717) is 40.1 Å². The number of hydrogen-bond acceptors (Lipinski definition) is 6. The summed E-state index contributed by atoms with van der Waals surface area (Å²) in [4.78, 5) is 35.6. The van der Waals surface area contributed by atoms with Crippen LogP contribution >= 0.6 is 27.3 Å². The van der Waals surface area contributed by atoms with E-state index in [4.69, 9.17) is 0 Å². The molecule has 0 unspecified atom stereocenters. The SMILES string of the molecule is C[C@@H]1CCCN1CCNC(=O)c1cnc2c(c1)[nH]c(=O)c1c2nn2cc(Br)sc12. The molecule has 4 aromatic heterocycles. The molecular formula is C19H19BrN6O2S. The monoisotopic (exact) mass is 474 g/mol. The molecule has 4 aromatic rings. The van der Waals surface area contributed by atoms with E-state index in [9.17, 15) is 9.59 Å². The first-order valence-electron chi connectivity index (χ1n) is 9.53. The molecule has 1 aliphatic heterocycles. The third kappa shape index (κ3) is 3.24. The fourth-order valence-corrected chi connectivity index (χ4v) is 5.46. The van der Waals surface area contributed by atoms with E-state index in [0.717, 1.165) is 21.7 Å². The number of halogens is 1. The second-order valence-electron chi connectivity index (χ2n) is 7.37. The summed E-state index contributed by atoms with van der Waals surface area (Å²) < 4.78 is 2.57. The van der Waals surface area contributed by atoms with E-state index in [1.165, 1.54) is 30.4 Å². The molecular weight excluding hydrogens is 456 g/mol. The Bertz CT molecular complexity index is 1310. The molecule has 8 nitrogen and oxygen atoms in total. The Hall–Kier alpha value is -2.30. The van der Waals surface area contributed by atoms with Gasteiger partial charge >= 0.3 is 0 Å². The lowest BCUT2D eigenvalue weighted by Gasteiger charge is -2.20. The largest absolute Gasteiger partial charge is 0.351 e. The number of carbonyl (C=O) groups is 1. The zero-order valence-electron chi connectivity index (χ0n) is 15.7. The molecule has 0 aromatic carbocycles. The van der Waals surface area contributed by atoms with Crippen molar-refractivity contribution in [2.24, 2.45) is 0 Å². The Morgan fingerprint density at radius 1 is 1.45 bits per heavy atom. The highest BCUT2D eigenvalue weighted by Gasteiger charge is 2.20. The van der Waals surface area contributed by atoms with Gasteiger partial charge in [0.2, 0.25) is 0 Å². The molecule has 1 atom stereocenters. The van der Waals surface area contributed by atoms with Gasteiger partial charge in [-0.2, -0.15) is 5.10 Å². The summed E-state index contributed by atoms with van der Waals surface area (Å²) >= 11 is 4.86. The Kier molecular flexibility index (Phi) is 4.64. The minimum atomic E-state index is -0.237. The van der Waals surface area contributed by atoms with Crippen LogP contribution in [0, 0.1) is 0 Å². The molecule has 1 amide bonds. The highest BCUT2D eigenvalue weighted by Crippen LogP contribution is 2.30. The van der Waals surface area contributed by atoms with Gasteiger partial charge in [-0.15, -0.1) is 11.3 Å². The van der Waals surface area contributed by atoms with Gasteiger partial charge in [-0.1, -0.05) is 0 Å². The number of amides is 1. The number of hydrogen-bond donors (Lipinski definition) is 2. The van der Waals surface area contributed by atoms with E-state index in [1.54, 1.807) is 10.6 Å². The topological polar surface area (TPSA) is 95.4 Å². The quantitative estimate of drug-likeness (QED) is 0.474. The van der Waals surface area contributed by atoms with E-state index >= 15 is 0 Å². The first kappa shape index (κ1) is 18.7. The van der Waals surface area contributed by atoms with E-state index in [2.05, 4.69) is 48.1 Å². The fourth-order valence-electron chi connectivity index (χ4n) is 3.99. The van der Waals surface area contributed by atoms with Crippen LogP contribution < -0.4 is 10.9 Å². The van der Waals surface area contributed by atoms with Gasteiger partial charge in [0.25, 0.3) is 11.5 Å². The number of likely N-dealkylation sites (tertiary alicyclic amines) is 1. The lowest BCUT2D eigenvalue weighted by Crippen LogP contribution is -2.36. The van der Waals surface area contributed by atoms with Crippen LogP contribution in [0.1, 0.15) is 30.1 Å². The lowest BCUT2D eigenvalue weighted by molar-refractivity contribution is 0.0947. The van der Waals surface area contributed by atoms with Gasteiger partial charge < -0.3 is 10.3 Å². The first-order chi connectivity index (χ1) is 14.0. The summed E-state index contributed by atoms with van der Waals surface area (Å²) in [5.41, 5.74) is 1.81. The molecule has 1 fully saturated rings. The van der Waals surface area contributed by atoms with Gasteiger partial charge in [0.1, 0.15) is 21.3 Å². The lowest BCUT2D eigenvalue weighted by atomic mass is 10.2. The average molecular weight is 475 g/mol. The molecule has 0 spiro atoms. The van der Waals surface area contributed by atoms with Crippen molar-refractivity contribution >= 4 is 59.9 Å². The summed E-state index contributed by atoms with van der Waals surface area (Å²) in [6.07, 6.45) is 5.78. The number of thiazole rings is 1. The van der Waals surface area contributed by atoms with Crippen molar-refractivity contribution in [1.29, 1.82) is 0 Å². The van der Waals surface area contributed by atoms with Gasteiger partial charge in [0.15, 0.2) is 0 Å². The number of pyridine rings is 2. The van der Waals surface area contributed by atoms with Crippen LogP contribution in [-0.2, 0) is 0 Å². The highest BCUT2D eigenvalue weighted by atomic mass is 79.9. The third-order valence-electron chi connectivity index (χ3n) is 5.51. The predicted octanol–water partition coefficient (Wildman–Crippen LogP) is 2.76. The third-order valence-corrected chi connectivity index (χ3v) is 7.08. The molecule has 1 aliphatic rings. The van der Waals surface area contributed by atoms with Crippen LogP contribution in [0.25, 0.3) is 26.8 Å². The highest BCUT2D eigenvalue weighted by molar-refractivity contribution is 9.11. The van der Waals surface area contributed by atoms with Gasteiger partial charge in [0.05, 0.1) is 21.1 Å². The van der Waals surface area contributed by atoms with Crippen molar-refractivity contribution < 1.29 is 4.79 Å². The molecule has 10 heteroatoms. The van der Waals surface area contributed by atoms with Crippen LogP contribution in [0.4, 0.5) is 0 Å². The van der Waals surface area contributed by atoms with Crippen LogP contribution in [0.15, 0.2) is 27.0 Å². The molecule has 0 aliphatic carbocycles. The predicted molar refractivity (Wildman–Crippen MR) is 117 cm³/mol. The number of nitrogens with one attached hydrogen (secondary N) is 2. The van der Waals surface area contributed by atoms with Crippen molar-refractivity contribution in [2.75, 3.05) is 19.6 Å². The van der Waals surface area contributed by atoms with Crippen molar-refractivity contribution in [1.82, 2.24) is 29.8 Å². The van der Waals surface area contributed by atoms with E-state index in [-0.39, 0.29) is 11.5 Å². The van der Waals surface area contributed by atoms with Crippen LogP contribution in [0.5, 0.6) is 0 Å². The smallest absolute Gasteiger partial charge is 0.261 e. The molecule has 1 saturated heterocycles. The number of nitrogens with zero attached hydrogens (tertiary/aromatic N) is 4. The maximum atomic E-state index is 12.7. The summed E-state index contributed by atoms with van der Waals surface area (Å²) in [6, 6.07) is 2.24. The summed E-state index contributed by atoms with van der Waals surface area (Å²) in [6.45, 7) is 4.73. The minimum absolute atomic E-state index is 0.193. The Labute approximate surface area is 178 Å². The van der Waals surface area contributed by atoms with Crippen molar-refractivity contribution in [3.63, 3.8) is 0 Å². The molecule has 0 bridgehead atoms. The average Bonchev–Trinajstić information content (AvgIpc) is 3.35. The van der Waals surface area contributed by atoms with Crippen LogP contribution in [0.2, 0.25) is 0 Å². The minimum Gasteiger partial charge on any atom is -0.351 e. The maximum Gasteiger partial charge on any atom is 0.261 e. The zero-order chi connectivity index (χ0) is 20.1. The van der Waals surface area contributed by atoms with Crippen molar-refractivity contribution in [3.8, 4) is 0 Å². The van der Waals surface area contributed by atoms with Crippen LogP contribution in [-0.4, -0.2) is 56.1 Å². The normalized spacial score (nSPS) is 17.7. The first-order valence-corrected chi connectivity index (χ1v) is 11.1. The van der Waals surface area contributed by atoms with Gasteiger partial charge in [0, 0.05) is 25.3 Å². The Morgan fingerprint density at radius 2 is 2.31 bits per heavy atom. The van der Waals surface area contributed by atoms with E-state index < -0.39 is 0 Å². The van der Waals surface area contributed by atoms with Crippen LogP contribution in [0.3, 0.4) is 0 Å². The molecule has 2 N–H and O–H groups in total. The Morgan fingerprint density at radius 3 is 3.10 bits per heavy atom. The number of carbonyl (C=O) groups excluding carboxylic acids is 1. The van der Waals surface area contributed by atoms with Gasteiger partial charge in [-0.3, -0.25) is 19.5 Å². The number of rotatable bonds is 4. The number of aromatic nitrogens is 4. The molecule has 0 radical (unpaired) electrons. The standard InChI is InChI=1S/C19H19BrN6O2S/c1-10-3-2-5-25(10)6-4-21-17(27)11-7-12-15(22-8-11)16-14(18(28)23-12)19-26(24-16)9-13(20)29-19/h7-10H,2-6H2,1H3,(H,21,27)(H,23,28)/t10-/m1/s1.